The summed E-state index contributed by atoms with van der Waals surface area (Å²) in [5, 5.41) is 18.5. The standard InChI is InChI=1S/C19H14F2N6O2S/c1-9-4-11(20)16(12(21)5-9)17(28)10-6-14(22-7-10)18(29)23-8-15-26-27-19(30-15)13-2-3-24-25-13/h2-7,22H,8H2,1H3,(H,23,29)(H,24,25). The number of amides is 1. The molecule has 3 N–H and O–H groups in total. The number of rotatable bonds is 6. The second-order valence-corrected chi connectivity index (χ2v) is 7.45. The average molecular weight is 428 g/mol. The van der Waals surface area contributed by atoms with Crippen molar-refractivity contribution in [3.63, 3.8) is 0 Å². The van der Waals surface area contributed by atoms with Gasteiger partial charge in [-0.2, -0.15) is 5.10 Å². The Morgan fingerprint density at radius 3 is 2.63 bits per heavy atom. The van der Waals surface area contributed by atoms with Crippen molar-refractivity contribution in [3.05, 3.63) is 75.7 Å². The number of halogens is 2. The molecule has 4 rings (SSSR count). The molecule has 0 fully saturated rings. The summed E-state index contributed by atoms with van der Waals surface area (Å²) in [5.41, 5.74) is 0.465. The van der Waals surface area contributed by atoms with E-state index in [1.54, 1.807) is 12.3 Å². The predicted molar refractivity (Wildman–Crippen MR) is 104 cm³/mol. The van der Waals surface area contributed by atoms with Crippen LogP contribution in [0.5, 0.6) is 0 Å². The minimum Gasteiger partial charge on any atom is -0.356 e. The number of nitrogens with zero attached hydrogens (tertiary/aromatic N) is 3. The second-order valence-electron chi connectivity index (χ2n) is 6.39. The molecule has 4 aromatic rings. The van der Waals surface area contributed by atoms with Gasteiger partial charge in [0.25, 0.3) is 5.91 Å². The first-order valence-electron chi connectivity index (χ1n) is 8.71. The van der Waals surface area contributed by atoms with Crippen LogP contribution in [-0.2, 0) is 6.54 Å². The van der Waals surface area contributed by atoms with Gasteiger partial charge in [-0.3, -0.25) is 14.7 Å². The van der Waals surface area contributed by atoms with Gasteiger partial charge in [0.2, 0.25) is 0 Å². The Morgan fingerprint density at radius 2 is 1.93 bits per heavy atom. The second kappa shape index (κ2) is 7.95. The lowest BCUT2D eigenvalue weighted by Gasteiger charge is -2.04. The van der Waals surface area contributed by atoms with Crippen LogP contribution >= 0.6 is 11.3 Å². The summed E-state index contributed by atoms with van der Waals surface area (Å²) in [6.45, 7) is 1.64. The molecule has 0 saturated heterocycles. The molecule has 0 aliphatic rings. The van der Waals surface area contributed by atoms with Crippen molar-refractivity contribution in [1.82, 2.24) is 30.7 Å². The molecule has 0 spiro atoms. The fourth-order valence-corrected chi connectivity index (χ4v) is 3.53. The summed E-state index contributed by atoms with van der Waals surface area (Å²) < 4.78 is 28.1. The van der Waals surface area contributed by atoms with Crippen molar-refractivity contribution in [2.45, 2.75) is 13.5 Å². The van der Waals surface area contributed by atoms with E-state index in [-0.39, 0.29) is 17.8 Å². The van der Waals surface area contributed by atoms with Gasteiger partial charge >= 0.3 is 0 Å². The number of carbonyl (C=O) groups is 2. The van der Waals surface area contributed by atoms with Crippen LogP contribution in [0.2, 0.25) is 0 Å². The van der Waals surface area contributed by atoms with Gasteiger partial charge in [-0.05, 0) is 36.8 Å². The first-order valence-corrected chi connectivity index (χ1v) is 9.53. The molecule has 0 aliphatic carbocycles. The fourth-order valence-electron chi connectivity index (χ4n) is 2.78. The van der Waals surface area contributed by atoms with Gasteiger partial charge in [-0.1, -0.05) is 11.3 Å². The number of carbonyl (C=O) groups excluding carboxylic acids is 2. The van der Waals surface area contributed by atoms with Gasteiger partial charge in [-0.25, -0.2) is 8.78 Å². The minimum absolute atomic E-state index is 0.0285. The summed E-state index contributed by atoms with van der Waals surface area (Å²) in [5.74, 6) is -3.26. The van der Waals surface area contributed by atoms with Gasteiger partial charge in [0.15, 0.2) is 10.8 Å². The van der Waals surface area contributed by atoms with E-state index in [4.69, 9.17) is 0 Å². The smallest absolute Gasteiger partial charge is 0.268 e. The summed E-state index contributed by atoms with van der Waals surface area (Å²) in [7, 11) is 0. The van der Waals surface area contributed by atoms with Gasteiger partial charge < -0.3 is 10.3 Å². The Balaban J connectivity index is 1.44. The van der Waals surface area contributed by atoms with Crippen molar-refractivity contribution in [1.29, 1.82) is 0 Å². The topological polar surface area (TPSA) is 116 Å². The van der Waals surface area contributed by atoms with E-state index in [0.717, 1.165) is 12.1 Å². The van der Waals surface area contributed by atoms with Crippen molar-refractivity contribution in [2.75, 3.05) is 0 Å². The zero-order valence-electron chi connectivity index (χ0n) is 15.5. The minimum atomic E-state index is -0.950. The molecule has 3 heterocycles. The van der Waals surface area contributed by atoms with Gasteiger partial charge in [0.1, 0.15) is 22.3 Å². The number of aromatic nitrogens is 5. The molecule has 11 heteroatoms. The summed E-state index contributed by atoms with van der Waals surface area (Å²) in [6.07, 6.45) is 2.83. The molecule has 1 amide bonds. The summed E-state index contributed by atoms with van der Waals surface area (Å²) >= 11 is 1.28. The lowest BCUT2D eigenvalue weighted by Crippen LogP contribution is -2.23. The van der Waals surface area contributed by atoms with E-state index in [9.17, 15) is 18.4 Å². The maximum Gasteiger partial charge on any atom is 0.268 e. The van der Waals surface area contributed by atoms with Crippen LogP contribution < -0.4 is 5.32 Å². The van der Waals surface area contributed by atoms with E-state index in [2.05, 4.69) is 30.7 Å². The Bertz CT molecular complexity index is 1210. The van der Waals surface area contributed by atoms with Crippen molar-refractivity contribution >= 4 is 23.0 Å². The molecule has 30 heavy (non-hydrogen) atoms. The number of benzene rings is 1. The molecule has 152 valence electrons. The van der Waals surface area contributed by atoms with Crippen molar-refractivity contribution in [2.24, 2.45) is 0 Å². The van der Waals surface area contributed by atoms with E-state index < -0.39 is 28.9 Å². The zero-order chi connectivity index (χ0) is 21.3. The fraction of sp³-hybridized carbons (Fsp3) is 0.105. The molecular weight excluding hydrogens is 414 g/mol. The number of ketones is 1. The molecule has 0 atom stereocenters. The zero-order valence-corrected chi connectivity index (χ0v) is 16.3. The first kappa shape index (κ1) is 19.6. The largest absolute Gasteiger partial charge is 0.356 e. The molecular formula is C19H14F2N6O2S. The molecule has 0 radical (unpaired) electrons. The number of H-pyrrole nitrogens is 2. The Labute approximate surface area is 172 Å². The average Bonchev–Trinajstić information content (AvgIpc) is 3.46. The third kappa shape index (κ3) is 3.87. The van der Waals surface area contributed by atoms with Gasteiger partial charge in [0, 0.05) is 18.0 Å². The van der Waals surface area contributed by atoms with Crippen molar-refractivity contribution < 1.29 is 18.4 Å². The lowest BCUT2D eigenvalue weighted by molar-refractivity contribution is 0.0946. The third-order valence-corrected chi connectivity index (χ3v) is 5.16. The Morgan fingerprint density at radius 1 is 1.17 bits per heavy atom. The highest BCUT2D eigenvalue weighted by atomic mass is 32.1. The maximum atomic E-state index is 14.1. The highest BCUT2D eigenvalue weighted by Gasteiger charge is 2.22. The van der Waals surface area contributed by atoms with Gasteiger partial charge in [-0.15, -0.1) is 10.2 Å². The lowest BCUT2D eigenvalue weighted by atomic mass is 10.0. The van der Waals surface area contributed by atoms with E-state index in [1.165, 1.54) is 30.5 Å². The maximum absolute atomic E-state index is 14.1. The third-order valence-electron chi connectivity index (χ3n) is 4.20. The predicted octanol–water partition coefficient (Wildman–Crippen LogP) is 3.00. The van der Waals surface area contributed by atoms with Crippen LogP contribution in [0, 0.1) is 18.6 Å². The van der Waals surface area contributed by atoms with Gasteiger partial charge in [0.05, 0.1) is 17.8 Å². The van der Waals surface area contributed by atoms with Crippen LogP contribution in [-0.4, -0.2) is 37.1 Å². The Kier molecular flexibility index (Phi) is 5.19. The normalized spacial score (nSPS) is 10.9. The van der Waals surface area contributed by atoms with Crippen LogP contribution in [0.15, 0.2) is 36.7 Å². The number of hydrogen-bond donors (Lipinski definition) is 3. The SMILES string of the molecule is Cc1cc(F)c(C(=O)c2c[nH]c(C(=O)NCc3nnc(-c4ccn[nH]4)s3)c2)c(F)c1. The number of aryl methyl sites for hydroxylation is 1. The first-order chi connectivity index (χ1) is 14.4. The highest BCUT2D eigenvalue weighted by molar-refractivity contribution is 7.14. The summed E-state index contributed by atoms with van der Waals surface area (Å²) in [6, 6.07) is 5.15. The van der Waals surface area contributed by atoms with Crippen LogP contribution in [0.1, 0.15) is 37.0 Å². The van der Waals surface area contributed by atoms with Crippen LogP contribution in [0.3, 0.4) is 0 Å². The molecule has 3 aromatic heterocycles. The number of aromatic amines is 2. The molecule has 1 aromatic carbocycles. The van der Waals surface area contributed by atoms with E-state index in [1.807, 2.05) is 0 Å². The molecule has 0 unspecified atom stereocenters. The number of nitrogens with one attached hydrogen (secondary N) is 3. The monoisotopic (exact) mass is 428 g/mol. The quantitative estimate of drug-likeness (QED) is 0.408. The Hall–Kier alpha value is -3.73. The molecule has 0 saturated carbocycles. The van der Waals surface area contributed by atoms with Crippen LogP contribution in [0.4, 0.5) is 8.78 Å². The van der Waals surface area contributed by atoms with Crippen molar-refractivity contribution in [3.8, 4) is 10.7 Å². The summed E-state index contributed by atoms with van der Waals surface area (Å²) in [4.78, 5) is 27.5. The molecule has 0 aliphatic heterocycles. The molecule has 0 bridgehead atoms. The number of hydrogen-bond acceptors (Lipinski definition) is 6. The van der Waals surface area contributed by atoms with E-state index in [0.29, 0.717) is 21.3 Å². The highest BCUT2D eigenvalue weighted by Crippen LogP contribution is 2.21. The van der Waals surface area contributed by atoms with E-state index >= 15 is 0 Å². The molecule has 8 nitrogen and oxygen atoms in total. The van der Waals surface area contributed by atoms with Crippen LogP contribution in [0.25, 0.3) is 10.7 Å².